The van der Waals surface area contributed by atoms with Crippen LogP contribution < -0.4 is 0 Å². The monoisotopic (exact) mass is 442 g/mol. The van der Waals surface area contributed by atoms with Gasteiger partial charge >= 0.3 is 0 Å². The van der Waals surface area contributed by atoms with Crippen LogP contribution in [0, 0.1) is 34.5 Å². The van der Waals surface area contributed by atoms with Crippen LogP contribution in [0.1, 0.15) is 92.9 Å². The molecule has 0 amide bonds. The molecule has 4 fully saturated rings. The molecule has 0 aromatic rings. The molecule has 0 radical (unpaired) electrons. The maximum atomic E-state index is 13.7. The number of rotatable bonds is 4. The summed E-state index contributed by atoms with van der Waals surface area (Å²) in [6.45, 7) is 13.9. The van der Waals surface area contributed by atoms with E-state index in [1.165, 1.54) is 5.57 Å². The highest BCUT2D eigenvalue weighted by Gasteiger charge is 2.77. The molecule has 8 atom stereocenters. The van der Waals surface area contributed by atoms with Gasteiger partial charge in [-0.1, -0.05) is 59.3 Å². The molecule has 4 aliphatic carbocycles. The lowest BCUT2D eigenvalue weighted by Gasteiger charge is -2.58. The summed E-state index contributed by atoms with van der Waals surface area (Å²) in [7, 11) is 0. The van der Waals surface area contributed by atoms with Gasteiger partial charge in [-0.15, -0.1) is 0 Å². The van der Waals surface area contributed by atoms with Crippen LogP contribution >= 0.6 is 0 Å². The van der Waals surface area contributed by atoms with Gasteiger partial charge in [0.15, 0.2) is 5.78 Å². The van der Waals surface area contributed by atoms with E-state index in [0.717, 1.165) is 44.1 Å². The largest absolute Gasteiger partial charge is 0.393 e. The molecule has 5 rings (SSSR count). The van der Waals surface area contributed by atoms with E-state index in [0.29, 0.717) is 36.5 Å². The molecule has 178 valence electrons. The summed E-state index contributed by atoms with van der Waals surface area (Å²) in [6.07, 6.45) is 10.9. The molecule has 0 aromatic carbocycles. The fraction of sp³-hybridized carbons (Fsp3) is 0.821. The molecule has 4 nitrogen and oxygen atoms in total. The molecule has 8 unspecified atom stereocenters. The zero-order valence-electron chi connectivity index (χ0n) is 20.9. The molecular weight excluding hydrogens is 400 g/mol. The number of carbonyl (C=O) groups is 1. The second kappa shape index (κ2) is 7.26. The van der Waals surface area contributed by atoms with Crippen LogP contribution in [0.3, 0.4) is 0 Å². The molecule has 1 N–H and O–H groups in total. The van der Waals surface area contributed by atoms with Gasteiger partial charge in [0.2, 0.25) is 0 Å². The van der Waals surface area contributed by atoms with Crippen LogP contribution in [-0.2, 0) is 14.6 Å². The number of aliphatic hydroxyl groups is 1. The van der Waals surface area contributed by atoms with Crippen molar-refractivity contribution < 1.29 is 19.7 Å². The summed E-state index contributed by atoms with van der Waals surface area (Å²) in [6, 6.07) is 0. The minimum Gasteiger partial charge on any atom is -0.393 e. The molecule has 1 saturated heterocycles. The summed E-state index contributed by atoms with van der Waals surface area (Å²) in [4.78, 5) is 26.1. The summed E-state index contributed by atoms with van der Waals surface area (Å²) >= 11 is 0. The van der Waals surface area contributed by atoms with E-state index >= 15 is 0 Å². The number of ketones is 1. The van der Waals surface area contributed by atoms with Crippen LogP contribution in [0.4, 0.5) is 0 Å². The molecule has 2 bridgehead atoms. The van der Waals surface area contributed by atoms with E-state index in [9.17, 15) is 9.90 Å². The van der Waals surface area contributed by atoms with Gasteiger partial charge in [-0.3, -0.25) is 4.79 Å². The van der Waals surface area contributed by atoms with Crippen molar-refractivity contribution >= 4 is 5.78 Å². The topological polar surface area (TPSA) is 55.8 Å². The molecule has 32 heavy (non-hydrogen) atoms. The second-order valence-electron chi connectivity index (χ2n) is 12.6. The van der Waals surface area contributed by atoms with Crippen LogP contribution in [-0.4, -0.2) is 28.2 Å². The maximum Gasteiger partial charge on any atom is 0.164 e. The van der Waals surface area contributed by atoms with Gasteiger partial charge in [0.1, 0.15) is 11.2 Å². The average molecular weight is 443 g/mol. The van der Waals surface area contributed by atoms with Crippen LogP contribution in [0.25, 0.3) is 0 Å². The zero-order chi connectivity index (χ0) is 23.1. The van der Waals surface area contributed by atoms with Gasteiger partial charge in [-0.2, -0.15) is 0 Å². The van der Waals surface area contributed by atoms with E-state index in [-0.39, 0.29) is 16.6 Å². The number of fused-ring (bicyclic) bond motifs is 1. The van der Waals surface area contributed by atoms with Crippen molar-refractivity contribution in [3.05, 3.63) is 23.3 Å². The minimum absolute atomic E-state index is 0.0531. The summed E-state index contributed by atoms with van der Waals surface area (Å²) in [5.41, 5.74) is 0.845. The standard InChI is InChI=1S/C28H42O4/c1-17(2)18(3)7-8-19(4)21-9-10-22-24-23(30)16-27-15-20(29)11-12-26(27,6)28(24,32-31-27)14-13-25(21,22)5/h7-8,17-21,29H,9-16H2,1-6H3. The Balaban J connectivity index is 1.53. The third kappa shape index (κ3) is 2.75. The second-order valence-corrected chi connectivity index (χ2v) is 12.6. The van der Waals surface area contributed by atoms with Crippen molar-refractivity contribution in [2.24, 2.45) is 34.5 Å². The highest BCUT2D eigenvalue weighted by Crippen LogP contribution is 2.72. The normalized spacial score (nSPS) is 47.6. The molecule has 4 heteroatoms. The van der Waals surface area contributed by atoms with Gasteiger partial charge in [0.25, 0.3) is 0 Å². The number of allylic oxidation sites excluding steroid dienone is 3. The predicted octanol–water partition coefficient (Wildman–Crippen LogP) is 5.94. The highest BCUT2D eigenvalue weighted by molar-refractivity contribution is 6.01. The molecule has 5 aliphatic rings. The third-order valence-electron chi connectivity index (χ3n) is 10.8. The Morgan fingerprint density at radius 1 is 1.03 bits per heavy atom. The van der Waals surface area contributed by atoms with Gasteiger partial charge in [0, 0.05) is 23.8 Å². The Hall–Kier alpha value is -0.970. The van der Waals surface area contributed by atoms with Crippen LogP contribution in [0.2, 0.25) is 0 Å². The smallest absolute Gasteiger partial charge is 0.164 e. The van der Waals surface area contributed by atoms with E-state index in [4.69, 9.17) is 9.78 Å². The molecular formula is C28H42O4. The van der Waals surface area contributed by atoms with Crippen LogP contribution in [0.15, 0.2) is 23.3 Å². The number of Topliss-reactive ketones (excluding diaryl/α,β-unsaturated/α-hetero) is 1. The first-order valence-electron chi connectivity index (χ1n) is 13.0. The van der Waals surface area contributed by atoms with Crippen molar-refractivity contribution in [1.29, 1.82) is 0 Å². The lowest BCUT2D eigenvalue weighted by molar-refractivity contribution is -0.344. The van der Waals surface area contributed by atoms with Gasteiger partial charge < -0.3 is 5.11 Å². The number of hydrogen-bond donors (Lipinski definition) is 1. The van der Waals surface area contributed by atoms with E-state index in [2.05, 4.69) is 53.7 Å². The molecule has 1 spiro atoms. The number of hydrogen-bond acceptors (Lipinski definition) is 4. The van der Waals surface area contributed by atoms with Gasteiger partial charge in [0.05, 0.1) is 6.10 Å². The Bertz CT molecular complexity index is 873. The van der Waals surface area contributed by atoms with Gasteiger partial charge in [-0.25, -0.2) is 9.78 Å². The number of aliphatic hydroxyl groups excluding tert-OH is 1. The Morgan fingerprint density at radius 3 is 2.50 bits per heavy atom. The SMILES string of the molecule is CC(C)C(C)C=CC(C)C1CCC2=C3C(=O)CC45CC(O)CCC4(C)C3(CCC21C)OO5. The minimum atomic E-state index is -0.666. The maximum absolute atomic E-state index is 13.7. The van der Waals surface area contributed by atoms with E-state index in [1.807, 2.05) is 0 Å². The van der Waals surface area contributed by atoms with E-state index in [1.54, 1.807) is 0 Å². The summed E-state index contributed by atoms with van der Waals surface area (Å²) < 4.78 is 0. The van der Waals surface area contributed by atoms with Gasteiger partial charge in [-0.05, 0) is 67.6 Å². The predicted molar refractivity (Wildman–Crippen MR) is 125 cm³/mol. The lowest BCUT2D eigenvalue weighted by atomic mass is 9.45. The lowest BCUT2D eigenvalue weighted by Crippen LogP contribution is -2.65. The van der Waals surface area contributed by atoms with Crippen LogP contribution in [0.5, 0.6) is 0 Å². The molecule has 1 heterocycles. The summed E-state index contributed by atoms with van der Waals surface area (Å²) in [5.74, 6) is 2.50. The Labute approximate surface area is 193 Å². The first-order chi connectivity index (χ1) is 15.0. The average Bonchev–Trinajstić information content (AvgIpc) is 3.15. The van der Waals surface area contributed by atoms with Crippen molar-refractivity contribution in [3.8, 4) is 0 Å². The first kappa shape index (κ1) is 22.8. The van der Waals surface area contributed by atoms with Crippen molar-refractivity contribution in [2.75, 3.05) is 0 Å². The van der Waals surface area contributed by atoms with Crippen molar-refractivity contribution in [2.45, 2.75) is 110 Å². The Morgan fingerprint density at radius 2 is 1.78 bits per heavy atom. The zero-order valence-corrected chi connectivity index (χ0v) is 20.9. The van der Waals surface area contributed by atoms with Crippen molar-refractivity contribution in [1.82, 2.24) is 0 Å². The van der Waals surface area contributed by atoms with E-state index < -0.39 is 17.3 Å². The number of carbonyl (C=O) groups excluding carboxylic acids is 1. The molecule has 0 aromatic heterocycles. The first-order valence-corrected chi connectivity index (χ1v) is 13.0. The quantitative estimate of drug-likeness (QED) is 0.432. The third-order valence-corrected chi connectivity index (χ3v) is 10.8. The fourth-order valence-electron chi connectivity index (χ4n) is 8.23. The highest BCUT2D eigenvalue weighted by atomic mass is 17.2. The molecule has 1 aliphatic heterocycles. The van der Waals surface area contributed by atoms with Crippen molar-refractivity contribution in [3.63, 3.8) is 0 Å². The Kier molecular flexibility index (Phi) is 5.18. The molecule has 3 saturated carbocycles. The fourth-order valence-corrected chi connectivity index (χ4v) is 8.23. The summed E-state index contributed by atoms with van der Waals surface area (Å²) in [5, 5.41) is 10.4.